The van der Waals surface area contributed by atoms with Gasteiger partial charge in [-0.1, -0.05) is 97.1 Å². The molecule has 4 aliphatic carbocycles. The predicted octanol–water partition coefficient (Wildman–Crippen LogP) is 9.38. The number of aliphatic imine (C=N–C) groups is 4. The fraction of sp³-hybridized carbons (Fsp3) is 0.364. The van der Waals surface area contributed by atoms with E-state index in [-0.39, 0.29) is 0 Å². The van der Waals surface area contributed by atoms with Crippen LogP contribution in [0.4, 0.5) is 0 Å². The van der Waals surface area contributed by atoms with E-state index in [0.29, 0.717) is 0 Å². The third-order valence-electron chi connectivity index (χ3n) is 9.94. The summed E-state index contributed by atoms with van der Waals surface area (Å²) in [7, 11) is 7.56. The number of benzene rings is 4. The van der Waals surface area contributed by atoms with Gasteiger partial charge in [-0.2, -0.15) is 0 Å². The Balaban J connectivity index is 0.000000125. The summed E-state index contributed by atoms with van der Waals surface area (Å²) < 4.78 is 0. The lowest BCUT2D eigenvalue weighted by molar-refractivity contribution is 0.837. The molecule has 4 aliphatic rings. The maximum atomic E-state index is 4.31. The molecule has 0 aliphatic heterocycles. The first-order valence-corrected chi connectivity index (χ1v) is 17.7. The summed E-state index contributed by atoms with van der Waals surface area (Å²) in [5.74, 6) is 0. The topological polar surface area (TPSA) is 49.4 Å². The van der Waals surface area contributed by atoms with Gasteiger partial charge in [-0.3, -0.25) is 20.0 Å². The maximum absolute atomic E-state index is 4.31. The van der Waals surface area contributed by atoms with Gasteiger partial charge in [-0.05, 0) is 109 Å². The van der Waals surface area contributed by atoms with E-state index in [4.69, 9.17) is 0 Å². The van der Waals surface area contributed by atoms with E-state index in [1.54, 1.807) is 0 Å². The number of rotatable bonds is 0. The van der Waals surface area contributed by atoms with Crippen LogP contribution in [0.5, 0.6) is 0 Å². The first-order chi connectivity index (χ1) is 23.6. The van der Waals surface area contributed by atoms with Crippen LogP contribution < -0.4 is 0 Å². The highest BCUT2D eigenvalue weighted by atomic mass is 14.7. The molecule has 248 valence electrons. The second kappa shape index (κ2) is 18.2. The van der Waals surface area contributed by atoms with Crippen molar-refractivity contribution in [2.75, 3.05) is 28.2 Å². The zero-order valence-electron chi connectivity index (χ0n) is 29.5. The average molecular weight is 637 g/mol. The molecule has 0 aromatic heterocycles. The van der Waals surface area contributed by atoms with Crippen LogP contribution in [-0.4, -0.2) is 51.0 Å². The lowest BCUT2D eigenvalue weighted by Crippen LogP contribution is -2.13. The second-order valence-corrected chi connectivity index (χ2v) is 12.8. The minimum absolute atomic E-state index is 1.06. The lowest BCUT2D eigenvalue weighted by atomic mass is 9.90. The summed E-state index contributed by atoms with van der Waals surface area (Å²) in [6.07, 6.45) is 14.0. The van der Waals surface area contributed by atoms with Crippen molar-refractivity contribution in [3.63, 3.8) is 0 Å². The highest BCUT2D eigenvalue weighted by molar-refractivity contribution is 6.03. The van der Waals surface area contributed by atoms with Gasteiger partial charge in [0.15, 0.2) is 0 Å². The molecule has 0 unspecified atom stereocenters. The van der Waals surface area contributed by atoms with Crippen LogP contribution >= 0.6 is 0 Å². The second-order valence-electron chi connectivity index (χ2n) is 12.8. The third-order valence-corrected chi connectivity index (χ3v) is 9.94. The molecule has 0 bridgehead atoms. The molecule has 4 aromatic rings. The van der Waals surface area contributed by atoms with Gasteiger partial charge in [-0.25, -0.2) is 0 Å². The van der Waals surface area contributed by atoms with Gasteiger partial charge in [-0.15, -0.1) is 0 Å². The van der Waals surface area contributed by atoms with Crippen molar-refractivity contribution in [3.05, 3.63) is 142 Å². The molecule has 0 saturated carbocycles. The van der Waals surface area contributed by atoms with Crippen molar-refractivity contribution in [2.24, 2.45) is 20.0 Å². The number of hydrogen-bond acceptors (Lipinski definition) is 4. The standard InChI is InChI=1S/4C11H13N/c2*1-12-11-8-4-6-9-5-2-3-7-10(9)11;2*1-12-11-7-6-9-4-2-3-5-10(9)8-11/h2*2-3,5,7H,4,6,8H2,1H3;2*2-5H,6-8H2,1H3. The SMILES string of the molecule is CN=C1CCCc2ccccc21.CN=C1CCCc2ccccc21.CN=C1CCc2ccccc2C1.CN=C1CCc2ccccc2C1. The first-order valence-electron chi connectivity index (χ1n) is 17.7. The van der Waals surface area contributed by atoms with Crippen molar-refractivity contribution < 1.29 is 0 Å². The minimum atomic E-state index is 1.06. The van der Waals surface area contributed by atoms with E-state index in [0.717, 1.165) is 38.5 Å². The largest absolute Gasteiger partial charge is 0.297 e. The molecule has 48 heavy (non-hydrogen) atoms. The van der Waals surface area contributed by atoms with E-state index < -0.39 is 0 Å². The molecule has 0 fully saturated rings. The third kappa shape index (κ3) is 9.34. The van der Waals surface area contributed by atoms with Gasteiger partial charge < -0.3 is 0 Å². The van der Waals surface area contributed by atoms with E-state index >= 15 is 0 Å². The highest BCUT2D eigenvalue weighted by Crippen LogP contribution is 2.23. The summed E-state index contributed by atoms with van der Waals surface area (Å²) in [6, 6.07) is 34.5. The Bertz CT molecular complexity index is 1640. The maximum Gasteiger partial charge on any atom is 0.0419 e. The fourth-order valence-corrected chi connectivity index (χ4v) is 7.17. The summed E-state index contributed by atoms with van der Waals surface area (Å²) in [6.45, 7) is 0. The van der Waals surface area contributed by atoms with Crippen molar-refractivity contribution in [1.29, 1.82) is 0 Å². The lowest BCUT2D eigenvalue weighted by Gasteiger charge is -2.16. The van der Waals surface area contributed by atoms with Crippen LogP contribution in [0, 0.1) is 0 Å². The van der Waals surface area contributed by atoms with Crippen molar-refractivity contribution in [2.45, 2.75) is 77.0 Å². The molecule has 0 amide bonds. The van der Waals surface area contributed by atoms with Crippen LogP contribution in [0.15, 0.2) is 117 Å². The molecule has 0 atom stereocenters. The van der Waals surface area contributed by atoms with Gasteiger partial charge >= 0.3 is 0 Å². The van der Waals surface area contributed by atoms with Crippen LogP contribution in [0.3, 0.4) is 0 Å². The molecule has 4 heteroatoms. The van der Waals surface area contributed by atoms with Crippen LogP contribution in [-0.2, 0) is 38.5 Å². The van der Waals surface area contributed by atoms with Crippen LogP contribution in [0.2, 0.25) is 0 Å². The molecule has 4 aromatic carbocycles. The van der Waals surface area contributed by atoms with Gasteiger partial charge in [0.25, 0.3) is 0 Å². The van der Waals surface area contributed by atoms with E-state index in [2.05, 4.69) is 117 Å². The number of aryl methyl sites for hydroxylation is 4. The summed E-state index contributed by atoms with van der Waals surface area (Å²) in [4.78, 5) is 17.1. The molecule has 4 nitrogen and oxygen atoms in total. The smallest absolute Gasteiger partial charge is 0.0419 e. The van der Waals surface area contributed by atoms with Crippen LogP contribution in [0.1, 0.15) is 83.0 Å². The Hall–Kier alpha value is -4.44. The monoisotopic (exact) mass is 636 g/mol. The molecular weight excluding hydrogens is 585 g/mol. The number of hydrogen-bond donors (Lipinski definition) is 0. The zero-order chi connectivity index (χ0) is 33.6. The Morgan fingerprint density at radius 1 is 0.333 bits per heavy atom. The Morgan fingerprint density at radius 2 is 0.688 bits per heavy atom. The van der Waals surface area contributed by atoms with Crippen molar-refractivity contribution in [1.82, 2.24) is 0 Å². The molecule has 0 N–H and O–H groups in total. The van der Waals surface area contributed by atoms with E-state index in [1.807, 2.05) is 28.2 Å². The molecular formula is C44H52N4. The Kier molecular flexibility index (Phi) is 13.2. The first kappa shape index (κ1) is 34.9. The molecule has 8 rings (SSSR count). The molecule has 0 spiro atoms. The van der Waals surface area contributed by atoms with Crippen molar-refractivity contribution >= 4 is 22.8 Å². The average Bonchev–Trinajstić information content (AvgIpc) is 3.17. The fourth-order valence-electron chi connectivity index (χ4n) is 7.17. The van der Waals surface area contributed by atoms with E-state index in [9.17, 15) is 0 Å². The van der Waals surface area contributed by atoms with Gasteiger partial charge in [0.2, 0.25) is 0 Å². The van der Waals surface area contributed by atoms with Gasteiger partial charge in [0.05, 0.1) is 0 Å². The zero-order valence-corrected chi connectivity index (χ0v) is 29.5. The molecule has 0 radical (unpaired) electrons. The number of fused-ring (bicyclic) bond motifs is 4. The summed E-state index contributed by atoms with van der Waals surface area (Å²) in [5, 5.41) is 0. The minimum Gasteiger partial charge on any atom is -0.297 e. The molecule has 0 saturated heterocycles. The van der Waals surface area contributed by atoms with E-state index in [1.165, 1.54) is 106 Å². The van der Waals surface area contributed by atoms with Crippen LogP contribution in [0.25, 0.3) is 0 Å². The quantitative estimate of drug-likeness (QED) is 0.185. The highest BCUT2D eigenvalue weighted by Gasteiger charge is 2.15. The summed E-state index contributed by atoms with van der Waals surface area (Å²) >= 11 is 0. The predicted molar refractivity (Wildman–Crippen MR) is 207 cm³/mol. The van der Waals surface area contributed by atoms with Gasteiger partial charge in [0, 0.05) is 63.9 Å². The van der Waals surface area contributed by atoms with Crippen molar-refractivity contribution in [3.8, 4) is 0 Å². The molecule has 0 heterocycles. The Labute approximate surface area is 288 Å². The Morgan fingerprint density at radius 3 is 1.06 bits per heavy atom. The number of nitrogens with zero attached hydrogens (tertiary/aromatic N) is 4. The summed E-state index contributed by atoms with van der Waals surface area (Å²) in [5.41, 5.74) is 16.8. The normalized spacial score (nSPS) is 19.2. The van der Waals surface area contributed by atoms with Gasteiger partial charge in [0.1, 0.15) is 0 Å².